The number of rotatable bonds is 2. The molecule has 2 heterocycles. The number of nitrogens with one attached hydrogen (secondary N) is 1. The summed E-state index contributed by atoms with van der Waals surface area (Å²) in [4.78, 5) is 12.4. The number of hydrogen-bond acceptors (Lipinski definition) is 4. The third kappa shape index (κ3) is 1.68. The first-order valence-electron chi connectivity index (χ1n) is 5.61. The first kappa shape index (κ1) is 9.45. The zero-order valence-electron chi connectivity index (χ0n) is 8.93. The Hall–Kier alpha value is -1.78. The van der Waals surface area contributed by atoms with Gasteiger partial charge in [0.25, 0.3) is 0 Å². The predicted octanol–water partition coefficient (Wildman–Crippen LogP) is 1.92. The van der Waals surface area contributed by atoms with E-state index in [-0.39, 0.29) is 0 Å². The minimum atomic E-state index is 0.561. The maximum absolute atomic E-state index is 4.52. The summed E-state index contributed by atoms with van der Waals surface area (Å²) in [5.41, 5.74) is 0.864. The summed E-state index contributed by atoms with van der Waals surface area (Å²) in [5, 5.41) is 7.24. The van der Waals surface area contributed by atoms with Gasteiger partial charge < -0.3 is 0 Å². The standard InChI is InChI=1S/C11H13N5/c1-2-4-8(3-1)10-14-11(16-15-10)9-5-12-7-13-6-9/h5-8H,1-4H2,(H,14,15,16). The number of aromatic amines is 1. The molecule has 0 bridgehead atoms. The Morgan fingerprint density at radius 2 is 1.88 bits per heavy atom. The molecular weight excluding hydrogens is 202 g/mol. The highest BCUT2D eigenvalue weighted by Gasteiger charge is 2.20. The van der Waals surface area contributed by atoms with E-state index in [0.29, 0.717) is 11.7 Å². The second kappa shape index (κ2) is 4.00. The first-order chi connectivity index (χ1) is 7.93. The van der Waals surface area contributed by atoms with Crippen molar-refractivity contribution >= 4 is 0 Å². The number of hydrogen-bond donors (Lipinski definition) is 1. The van der Waals surface area contributed by atoms with Crippen LogP contribution in [0.1, 0.15) is 37.4 Å². The summed E-state index contributed by atoms with van der Waals surface area (Å²) in [6.45, 7) is 0. The van der Waals surface area contributed by atoms with E-state index < -0.39 is 0 Å². The molecule has 0 radical (unpaired) electrons. The van der Waals surface area contributed by atoms with Crippen LogP contribution in [0.15, 0.2) is 18.7 Å². The third-order valence-electron chi connectivity index (χ3n) is 3.06. The number of H-pyrrole nitrogens is 1. The van der Waals surface area contributed by atoms with E-state index in [9.17, 15) is 0 Å². The van der Waals surface area contributed by atoms with Gasteiger partial charge in [-0.15, -0.1) is 0 Å². The number of aromatic nitrogens is 5. The summed E-state index contributed by atoms with van der Waals surface area (Å²) in [5.74, 6) is 2.27. The smallest absolute Gasteiger partial charge is 0.184 e. The van der Waals surface area contributed by atoms with Gasteiger partial charge in [0.1, 0.15) is 12.2 Å². The Labute approximate surface area is 93.4 Å². The van der Waals surface area contributed by atoms with Crippen molar-refractivity contribution in [2.45, 2.75) is 31.6 Å². The third-order valence-corrected chi connectivity index (χ3v) is 3.06. The predicted molar refractivity (Wildman–Crippen MR) is 58.6 cm³/mol. The van der Waals surface area contributed by atoms with Crippen molar-refractivity contribution in [2.75, 3.05) is 0 Å². The van der Waals surface area contributed by atoms with Crippen LogP contribution in [0.4, 0.5) is 0 Å². The maximum Gasteiger partial charge on any atom is 0.184 e. The minimum absolute atomic E-state index is 0.561. The van der Waals surface area contributed by atoms with E-state index in [4.69, 9.17) is 0 Å². The molecule has 0 atom stereocenters. The van der Waals surface area contributed by atoms with Crippen molar-refractivity contribution in [1.82, 2.24) is 25.1 Å². The molecule has 0 spiro atoms. The fourth-order valence-electron chi connectivity index (χ4n) is 2.20. The van der Waals surface area contributed by atoms with Gasteiger partial charge in [-0.3, -0.25) is 5.10 Å². The van der Waals surface area contributed by atoms with Crippen molar-refractivity contribution in [3.8, 4) is 11.4 Å². The van der Waals surface area contributed by atoms with Gasteiger partial charge >= 0.3 is 0 Å². The molecule has 5 heteroatoms. The second-order valence-corrected chi connectivity index (χ2v) is 4.15. The first-order valence-corrected chi connectivity index (χ1v) is 5.61. The Bertz CT molecular complexity index is 458. The van der Waals surface area contributed by atoms with Crippen LogP contribution in [0.3, 0.4) is 0 Å². The van der Waals surface area contributed by atoms with E-state index in [0.717, 1.165) is 11.4 Å². The summed E-state index contributed by atoms with van der Waals surface area (Å²) in [6, 6.07) is 0. The topological polar surface area (TPSA) is 67.3 Å². The molecule has 1 saturated carbocycles. The second-order valence-electron chi connectivity index (χ2n) is 4.15. The molecule has 0 aliphatic heterocycles. The Balaban J connectivity index is 1.87. The van der Waals surface area contributed by atoms with Gasteiger partial charge in [-0.05, 0) is 12.8 Å². The van der Waals surface area contributed by atoms with Gasteiger partial charge in [0, 0.05) is 18.3 Å². The molecule has 1 aliphatic carbocycles. The number of nitrogens with zero attached hydrogens (tertiary/aromatic N) is 4. The molecule has 0 saturated heterocycles. The van der Waals surface area contributed by atoms with Crippen LogP contribution in [0.2, 0.25) is 0 Å². The molecule has 1 aliphatic rings. The average Bonchev–Trinajstić information content (AvgIpc) is 3.01. The molecule has 1 N–H and O–H groups in total. The summed E-state index contributed by atoms with van der Waals surface area (Å²) < 4.78 is 0. The molecule has 1 fully saturated rings. The van der Waals surface area contributed by atoms with Gasteiger partial charge in [-0.1, -0.05) is 12.8 Å². The van der Waals surface area contributed by atoms with Crippen LogP contribution < -0.4 is 0 Å². The van der Waals surface area contributed by atoms with E-state index in [1.807, 2.05) is 0 Å². The highest BCUT2D eigenvalue weighted by molar-refractivity contribution is 5.50. The van der Waals surface area contributed by atoms with E-state index >= 15 is 0 Å². The molecule has 2 aromatic rings. The molecule has 16 heavy (non-hydrogen) atoms. The average molecular weight is 215 g/mol. The van der Waals surface area contributed by atoms with Crippen LogP contribution in [-0.4, -0.2) is 25.1 Å². The molecular formula is C11H13N5. The minimum Gasteiger partial charge on any atom is -0.262 e. The van der Waals surface area contributed by atoms with Crippen LogP contribution in [0.5, 0.6) is 0 Å². The van der Waals surface area contributed by atoms with Gasteiger partial charge in [0.15, 0.2) is 5.82 Å². The van der Waals surface area contributed by atoms with Crippen LogP contribution in [0, 0.1) is 0 Å². The highest BCUT2D eigenvalue weighted by atomic mass is 15.2. The monoisotopic (exact) mass is 215 g/mol. The van der Waals surface area contributed by atoms with Crippen molar-refractivity contribution in [3.05, 3.63) is 24.5 Å². The van der Waals surface area contributed by atoms with Crippen molar-refractivity contribution in [1.29, 1.82) is 0 Å². The molecule has 0 amide bonds. The molecule has 0 unspecified atom stereocenters. The molecule has 2 aromatic heterocycles. The van der Waals surface area contributed by atoms with Crippen molar-refractivity contribution < 1.29 is 0 Å². The summed E-state index contributed by atoms with van der Waals surface area (Å²) >= 11 is 0. The van der Waals surface area contributed by atoms with E-state index in [2.05, 4.69) is 25.1 Å². The van der Waals surface area contributed by atoms with Gasteiger partial charge in [0.2, 0.25) is 0 Å². The Morgan fingerprint density at radius 1 is 1.12 bits per heavy atom. The van der Waals surface area contributed by atoms with E-state index in [1.165, 1.54) is 32.0 Å². The fraction of sp³-hybridized carbons (Fsp3) is 0.455. The highest BCUT2D eigenvalue weighted by Crippen LogP contribution is 2.32. The fourth-order valence-corrected chi connectivity index (χ4v) is 2.20. The largest absolute Gasteiger partial charge is 0.262 e. The maximum atomic E-state index is 4.52. The zero-order valence-corrected chi connectivity index (χ0v) is 8.93. The molecule has 5 nitrogen and oxygen atoms in total. The normalized spacial score (nSPS) is 16.8. The Kier molecular flexibility index (Phi) is 2.36. The lowest BCUT2D eigenvalue weighted by atomic mass is 10.1. The van der Waals surface area contributed by atoms with E-state index in [1.54, 1.807) is 12.4 Å². The lowest BCUT2D eigenvalue weighted by Gasteiger charge is -2.01. The van der Waals surface area contributed by atoms with Crippen molar-refractivity contribution in [3.63, 3.8) is 0 Å². The quantitative estimate of drug-likeness (QED) is 0.831. The van der Waals surface area contributed by atoms with Gasteiger partial charge in [0.05, 0.1) is 5.56 Å². The van der Waals surface area contributed by atoms with Gasteiger partial charge in [-0.2, -0.15) is 5.10 Å². The van der Waals surface area contributed by atoms with Crippen molar-refractivity contribution in [2.24, 2.45) is 0 Å². The lowest BCUT2D eigenvalue weighted by molar-refractivity contribution is 0.672. The van der Waals surface area contributed by atoms with Crippen LogP contribution >= 0.6 is 0 Å². The SMILES string of the molecule is c1ncc(-c2n[nH]c(C3CCCC3)n2)cn1. The molecule has 3 rings (SSSR count). The molecule has 0 aromatic carbocycles. The van der Waals surface area contributed by atoms with Crippen LogP contribution in [0.25, 0.3) is 11.4 Å². The Morgan fingerprint density at radius 3 is 2.62 bits per heavy atom. The lowest BCUT2D eigenvalue weighted by Crippen LogP contribution is -1.94. The van der Waals surface area contributed by atoms with Crippen LogP contribution in [-0.2, 0) is 0 Å². The van der Waals surface area contributed by atoms with Gasteiger partial charge in [-0.25, -0.2) is 15.0 Å². The zero-order chi connectivity index (χ0) is 10.8. The molecule has 82 valence electrons. The summed E-state index contributed by atoms with van der Waals surface area (Å²) in [7, 11) is 0. The summed E-state index contributed by atoms with van der Waals surface area (Å²) in [6.07, 6.45) is 10.0.